The third-order valence-electron chi connectivity index (χ3n) is 3.17. The van der Waals surface area contributed by atoms with Gasteiger partial charge in [0.05, 0.1) is 0 Å². The minimum atomic E-state index is -0.411. The third-order valence-corrected chi connectivity index (χ3v) is 3.39. The predicted molar refractivity (Wildman–Crippen MR) is 78.4 cm³/mol. The Labute approximate surface area is 115 Å². The van der Waals surface area contributed by atoms with Crippen molar-refractivity contribution in [2.75, 3.05) is 11.9 Å². The second-order valence-electron chi connectivity index (χ2n) is 5.44. The highest BCUT2D eigenvalue weighted by molar-refractivity contribution is 6.67. The van der Waals surface area contributed by atoms with E-state index in [4.69, 9.17) is 11.6 Å². The molecule has 1 rings (SSSR count). The number of carbonyl (C=O) groups is 1. The molecule has 0 heterocycles. The maximum absolute atomic E-state index is 10.9. The number of benzene rings is 1. The summed E-state index contributed by atoms with van der Waals surface area (Å²) in [4.78, 5) is 10.9. The normalized spacial score (nSPS) is 11.3. The summed E-state index contributed by atoms with van der Waals surface area (Å²) < 4.78 is 0. The van der Waals surface area contributed by atoms with Crippen molar-refractivity contribution in [1.82, 2.24) is 0 Å². The van der Waals surface area contributed by atoms with Gasteiger partial charge in [-0.15, -0.1) is 0 Å². The van der Waals surface area contributed by atoms with Crippen LogP contribution in [0.25, 0.3) is 0 Å². The molecule has 0 saturated heterocycles. The fourth-order valence-corrected chi connectivity index (χ4v) is 2.19. The first kappa shape index (κ1) is 15.0. The highest BCUT2D eigenvalue weighted by atomic mass is 35.5. The van der Waals surface area contributed by atoms with Crippen LogP contribution in [0, 0.1) is 5.41 Å². The predicted octanol–water partition coefficient (Wildman–Crippen LogP) is 4.69. The Balaban J connectivity index is 2.42. The average Bonchev–Trinajstić information content (AvgIpc) is 2.29. The number of anilines is 1. The Kier molecular flexibility index (Phi) is 5.67. The lowest BCUT2D eigenvalue weighted by molar-refractivity contribution is 0.108. The highest BCUT2D eigenvalue weighted by Crippen LogP contribution is 2.26. The molecule has 0 aliphatic heterocycles. The molecular formula is C15H22ClNO. The molecule has 2 nitrogen and oxygen atoms in total. The number of carbonyl (C=O) groups excluding carboxylic acids is 1. The van der Waals surface area contributed by atoms with Crippen LogP contribution in [-0.4, -0.2) is 11.8 Å². The summed E-state index contributed by atoms with van der Waals surface area (Å²) in [6.45, 7) is 7.76. The summed E-state index contributed by atoms with van der Waals surface area (Å²) in [5.74, 6) is 0. The van der Waals surface area contributed by atoms with Gasteiger partial charge in [-0.2, -0.15) is 0 Å². The minimum absolute atomic E-state index is 0.383. The van der Waals surface area contributed by atoms with Crippen LogP contribution in [0.4, 0.5) is 5.69 Å². The summed E-state index contributed by atoms with van der Waals surface area (Å²) in [7, 11) is 0. The lowest BCUT2D eigenvalue weighted by Crippen LogP contribution is -2.16. The molecule has 0 aliphatic rings. The van der Waals surface area contributed by atoms with E-state index in [9.17, 15) is 4.79 Å². The molecule has 0 spiro atoms. The molecule has 0 unspecified atom stereocenters. The van der Waals surface area contributed by atoms with Crippen molar-refractivity contribution in [2.24, 2.45) is 5.41 Å². The van der Waals surface area contributed by atoms with Gasteiger partial charge in [0.2, 0.25) is 0 Å². The van der Waals surface area contributed by atoms with Gasteiger partial charge in [0.1, 0.15) is 0 Å². The van der Waals surface area contributed by atoms with Crippen molar-refractivity contribution < 1.29 is 4.79 Å². The molecule has 0 aliphatic carbocycles. The number of hydrogen-bond donors (Lipinski definition) is 1. The molecule has 0 amide bonds. The quantitative estimate of drug-likeness (QED) is 0.726. The number of halogens is 1. The standard InChI is InChI=1S/C15H22ClNO/c1-4-9-15(2,3)10-11-17-13-7-5-12(6-8-13)14(16)18/h5-8,17H,4,9-11H2,1-3H3. The van der Waals surface area contributed by atoms with E-state index in [1.807, 2.05) is 12.1 Å². The summed E-state index contributed by atoms with van der Waals surface area (Å²) in [6, 6.07) is 7.27. The van der Waals surface area contributed by atoms with Crippen molar-refractivity contribution in [3.8, 4) is 0 Å². The Morgan fingerprint density at radius 3 is 2.33 bits per heavy atom. The monoisotopic (exact) mass is 267 g/mol. The molecule has 1 aromatic rings. The number of hydrogen-bond acceptors (Lipinski definition) is 2. The van der Waals surface area contributed by atoms with Gasteiger partial charge in [-0.3, -0.25) is 4.79 Å². The molecule has 3 heteroatoms. The van der Waals surface area contributed by atoms with E-state index in [1.54, 1.807) is 12.1 Å². The van der Waals surface area contributed by atoms with Crippen LogP contribution < -0.4 is 5.32 Å². The average molecular weight is 268 g/mol. The minimum Gasteiger partial charge on any atom is -0.385 e. The van der Waals surface area contributed by atoms with Crippen LogP contribution in [0.15, 0.2) is 24.3 Å². The van der Waals surface area contributed by atoms with E-state index in [-0.39, 0.29) is 0 Å². The molecule has 0 bridgehead atoms. The molecule has 1 N–H and O–H groups in total. The Hall–Kier alpha value is -1.02. The van der Waals surface area contributed by atoms with Gasteiger partial charge in [0, 0.05) is 17.8 Å². The van der Waals surface area contributed by atoms with E-state index in [1.165, 1.54) is 12.8 Å². The number of nitrogens with one attached hydrogen (secondary N) is 1. The first-order chi connectivity index (χ1) is 8.44. The second kappa shape index (κ2) is 6.79. The van der Waals surface area contributed by atoms with E-state index in [2.05, 4.69) is 26.1 Å². The molecule has 0 radical (unpaired) electrons. The van der Waals surface area contributed by atoms with Gasteiger partial charge in [-0.05, 0) is 54.1 Å². The lowest BCUT2D eigenvalue weighted by atomic mass is 9.85. The van der Waals surface area contributed by atoms with Gasteiger partial charge >= 0.3 is 0 Å². The van der Waals surface area contributed by atoms with Gasteiger partial charge in [0.15, 0.2) is 0 Å². The van der Waals surface area contributed by atoms with Crippen molar-refractivity contribution >= 4 is 22.5 Å². The zero-order chi connectivity index (χ0) is 13.6. The van der Waals surface area contributed by atoms with Crippen LogP contribution in [-0.2, 0) is 0 Å². The fourth-order valence-electron chi connectivity index (χ4n) is 2.07. The van der Waals surface area contributed by atoms with E-state index in [0.717, 1.165) is 18.7 Å². The fraction of sp³-hybridized carbons (Fsp3) is 0.533. The van der Waals surface area contributed by atoms with Gasteiger partial charge < -0.3 is 5.32 Å². The van der Waals surface area contributed by atoms with E-state index < -0.39 is 5.24 Å². The topological polar surface area (TPSA) is 29.1 Å². The highest BCUT2D eigenvalue weighted by Gasteiger charge is 2.15. The summed E-state index contributed by atoms with van der Waals surface area (Å²) >= 11 is 5.40. The molecule has 0 aromatic heterocycles. The first-order valence-corrected chi connectivity index (χ1v) is 6.86. The van der Waals surface area contributed by atoms with Crippen LogP contribution in [0.1, 0.15) is 50.4 Å². The molecule has 0 fully saturated rings. The van der Waals surface area contributed by atoms with Crippen LogP contribution in [0.2, 0.25) is 0 Å². The van der Waals surface area contributed by atoms with Crippen molar-refractivity contribution in [3.63, 3.8) is 0 Å². The van der Waals surface area contributed by atoms with E-state index in [0.29, 0.717) is 11.0 Å². The second-order valence-corrected chi connectivity index (χ2v) is 5.79. The van der Waals surface area contributed by atoms with Gasteiger partial charge in [-0.25, -0.2) is 0 Å². The molecule has 1 aromatic carbocycles. The Morgan fingerprint density at radius 1 is 1.22 bits per heavy atom. The largest absolute Gasteiger partial charge is 0.385 e. The zero-order valence-corrected chi connectivity index (χ0v) is 12.2. The molecular weight excluding hydrogens is 246 g/mol. The smallest absolute Gasteiger partial charge is 0.252 e. The Bertz CT molecular complexity index is 384. The molecule has 100 valence electrons. The van der Waals surface area contributed by atoms with Crippen molar-refractivity contribution in [1.29, 1.82) is 0 Å². The van der Waals surface area contributed by atoms with Crippen molar-refractivity contribution in [3.05, 3.63) is 29.8 Å². The molecule has 0 atom stereocenters. The van der Waals surface area contributed by atoms with Crippen LogP contribution in [0.3, 0.4) is 0 Å². The summed E-state index contributed by atoms with van der Waals surface area (Å²) in [6.07, 6.45) is 3.60. The van der Waals surface area contributed by atoms with Crippen molar-refractivity contribution in [2.45, 2.75) is 40.0 Å². The molecule has 18 heavy (non-hydrogen) atoms. The first-order valence-electron chi connectivity index (χ1n) is 6.48. The third kappa shape index (κ3) is 5.09. The van der Waals surface area contributed by atoms with Gasteiger partial charge in [0.25, 0.3) is 5.24 Å². The number of rotatable bonds is 7. The van der Waals surface area contributed by atoms with Crippen LogP contribution in [0.5, 0.6) is 0 Å². The summed E-state index contributed by atoms with van der Waals surface area (Å²) in [5.41, 5.74) is 1.95. The zero-order valence-electron chi connectivity index (χ0n) is 11.4. The maximum atomic E-state index is 10.9. The SMILES string of the molecule is CCCC(C)(C)CCNc1ccc(C(=O)Cl)cc1. The van der Waals surface area contributed by atoms with Crippen LogP contribution >= 0.6 is 11.6 Å². The maximum Gasteiger partial charge on any atom is 0.252 e. The Morgan fingerprint density at radius 2 is 1.83 bits per heavy atom. The summed E-state index contributed by atoms with van der Waals surface area (Å²) in [5, 5.41) is 2.96. The van der Waals surface area contributed by atoms with Gasteiger partial charge in [-0.1, -0.05) is 27.2 Å². The lowest BCUT2D eigenvalue weighted by Gasteiger charge is -2.24. The molecule has 0 saturated carbocycles. The van der Waals surface area contributed by atoms with E-state index >= 15 is 0 Å².